The molecule has 0 amide bonds. The molecule has 0 radical (unpaired) electrons. The zero-order valence-electron chi connectivity index (χ0n) is 16.7. The van der Waals surface area contributed by atoms with Crippen molar-refractivity contribution in [2.45, 2.75) is 20.8 Å². The van der Waals surface area contributed by atoms with Gasteiger partial charge in [-0.15, -0.1) is 0 Å². The molecule has 0 aromatic heterocycles. The highest BCUT2D eigenvalue weighted by Crippen LogP contribution is 2.49. The van der Waals surface area contributed by atoms with Crippen LogP contribution in [0.4, 0.5) is 0 Å². The fraction of sp³-hybridized carbons (Fsp3) is 0.130. The van der Waals surface area contributed by atoms with E-state index in [1.54, 1.807) is 36.4 Å². The monoisotopic (exact) mass is 430 g/mol. The van der Waals surface area contributed by atoms with Gasteiger partial charge in [0.25, 0.3) is 0 Å². The highest BCUT2D eigenvalue weighted by Gasteiger charge is 2.33. The second-order valence-corrected chi connectivity index (χ2v) is 8.07. The summed E-state index contributed by atoms with van der Waals surface area (Å²) in [6, 6.07) is 21.6. The Morgan fingerprint density at radius 1 is 0.655 bits per heavy atom. The molecule has 6 heteroatoms. The highest BCUT2D eigenvalue weighted by molar-refractivity contribution is 7.49. The minimum atomic E-state index is -3.93. The van der Waals surface area contributed by atoms with Crippen molar-refractivity contribution in [1.82, 2.24) is 0 Å². The maximum Gasteiger partial charge on any atom is 0.647 e. The minimum Gasteiger partial charge on any atom is -0.386 e. The van der Waals surface area contributed by atoms with Crippen molar-refractivity contribution < 1.29 is 18.1 Å². The van der Waals surface area contributed by atoms with E-state index in [4.69, 9.17) is 25.2 Å². The molecule has 152 valence electrons. The third-order valence-electron chi connectivity index (χ3n) is 3.71. The summed E-state index contributed by atoms with van der Waals surface area (Å²) in [7, 11) is -3.93. The molecule has 0 bridgehead atoms. The lowest BCUT2D eigenvalue weighted by molar-refractivity contribution is 0.298. The SMILES string of the molecule is C=CCl.Cc1ccc(OP(=O)(Oc2ccc(C)cc2)Oc2ccc(C)cc2)cc1. The Bertz CT molecular complexity index is 829. The summed E-state index contributed by atoms with van der Waals surface area (Å²) >= 11 is 4.76. The summed E-state index contributed by atoms with van der Waals surface area (Å²) in [4.78, 5) is 0. The molecule has 0 aliphatic carbocycles. The van der Waals surface area contributed by atoms with Crippen LogP contribution in [0, 0.1) is 20.8 Å². The lowest BCUT2D eigenvalue weighted by atomic mass is 10.2. The molecule has 0 aliphatic heterocycles. The predicted molar refractivity (Wildman–Crippen MR) is 119 cm³/mol. The Morgan fingerprint density at radius 2 is 0.862 bits per heavy atom. The van der Waals surface area contributed by atoms with Gasteiger partial charge in [-0.1, -0.05) is 71.3 Å². The van der Waals surface area contributed by atoms with E-state index in [2.05, 4.69) is 6.58 Å². The molecule has 3 rings (SSSR count). The molecule has 0 heterocycles. The molecular formula is C23H24ClO4P. The fourth-order valence-corrected chi connectivity index (χ4v) is 3.49. The van der Waals surface area contributed by atoms with E-state index >= 15 is 0 Å². The smallest absolute Gasteiger partial charge is 0.386 e. The van der Waals surface area contributed by atoms with E-state index in [0.717, 1.165) is 16.7 Å². The first-order valence-electron chi connectivity index (χ1n) is 8.93. The number of phosphoric ester groups is 1. The van der Waals surface area contributed by atoms with Crippen LogP contribution in [0.2, 0.25) is 0 Å². The van der Waals surface area contributed by atoms with Gasteiger partial charge in [0.1, 0.15) is 17.2 Å². The van der Waals surface area contributed by atoms with Gasteiger partial charge in [-0.05, 0) is 62.7 Å². The normalized spacial score (nSPS) is 10.3. The largest absolute Gasteiger partial charge is 0.647 e. The average Bonchev–Trinajstić information content (AvgIpc) is 2.68. The average molecular weight is 431 g/mol. The summed E-state index contributed by atoms with van der Waals surface area (Å²) in [6.07, 6.45) is 0. The van der Waals surface area contributed by atoms with E-state index in [0.29, 0.717) is 17.2 Å². The molecule has 4 nitrogen and oxygen atoms in total. The predicted octanol–water partition coefficient (Wildman–Crippen LogP) is 7.63. The number of benzene rings is 3. The summed E-state index contributed by atoms with van der Waals surface area (Å²) in [5.41, 5.74) is 4.45. The van der Waals surface area contributed by atoms with Crippen molar-refractivity contribution >= 4 is 19.4 Å². The van der Waals surface area contributed by atoms with Crippen molar-refractivity contribution in [1.29, 1.82) is 0 Å². The molecule has 0 saturated heterocycles. The molecule has 0 spiro atoms. The molecule has 0 aliphatic rings. The van der Waals surface area contributed by atoms with Crippen LogP contribution in [0.15, 0.2) is 84.9 Å². The molecule has 3 aromatic carbocycles. The fourth-order valence-electron chi connectivity index (χ4n) is 2.24. The van der Waals surface area contributed by atoms with Gasteiger partial charge in [-0.3, -0.25) is 0 Å². The number of halogens is 1. The molecule has 29 heavy (non-hydrogen) atoms. The first-order chi connectivity index (χ1) is 13.8. The zero-order chi connectivity index (χ0) is 21.3. The lowest BCUT2D eigenvalue weighted by Gasteiger charge is -2.19. The van der Waals surface area contributed by atoms with Gasteiger partial charge in [0, 0.05) is 0 Å². The molecular weight excluding hydrogens is 407 g/mol. The van der Waals surface area contributed by atoms with E-state index in [-0.39, 0.29) is 0 Å². The van der Waals surface area contributed by atoms with Crippen LogP contribution < -0.4 is 13.6 Å². The van der Waals surface area contributed by atoms with Crippen molar-refractivity contribution in [3.05, 3.63) is 102 Å². The lowest BCUT2D eigenvalue weighted by Crippen LogP contribution is -2.07. The van der Waals surface area contributed by atoms with Crippen molar-refractivity contribution in [2.75, 3.05) is 0 Å². The summed E-state index contributed by atoms with van der Waals surface area (Å²) in [5, 5.41) is 0. The topological polar surface area (TPSA) is 44.8 Å². The van der Waals surface area contributed by atoms with Crippen molar-refractivity contribution in [3.63, 3.8) is 0 Å². The van der Waals surface area contributed by atoms with Crippen LogP contribution in [0.25, 0.3) is 0 Å². The van der Waals surface area contributed by atoms with Gasteiger partial charge < -0.3 is 13.6 Å². The van der Waals surface area contributed by atoms with Crippen LogP contribution >= 0.6 is 19.4 Å². The molecule has 0 saturated carbocycles. The Morgan fingerprint density at radius 3 is 1.07 bits per heavy atom. The van der Waals surface area contributed by atoms with Crippen LogP contribution in [0.3, 0.4) is 0 Å². The number of aryl methyl sites for hydroxylation is 3. The standard InChI is InChI=1S/C21H21O4P.C2H3Cl/c1-16-4-10-19(11-5-16)23-26(22,24-20-12-6-17(2)7-13-20)25-21-14-8-18(3)9-15-21;1-2-3/h4-15H,1-3H3;2H,1H2. The second-order valence-electron chi connectivity index (χ2n) is 6.31. The Kier molecular flexibility index (Phi) is 8.38. The Hall–Kier alpha value is -2.68. The number of rotatable bonds is 6. The van der Waals surface area contributed by atoms with Gasteiger partial charge in [-0.25, -0.2) is 0 Å². The third kappa shape index (κ3) is 7.69. The van der Waals surface area contributed by atoms with Gasteiger partial charge in [0.05, 0.1) is 0 Å². The van der Waals surface area contributed by atoms with Crippen LogP contribution in [0.1, 0.15) is 16.7 Å². The van der Waals surface area contributed by atoms with Gasteiger partial charge in [0.2, 0.25) is 0 Å². The highest BCUT2D eigenvalue weighted by atomic mass is 35.5. The summed E-state index contributed by atoms with van der Waals surface area (Å²) in [6.45, 7) is 9.03. The van der Waals surface area contributed by atoms with E-state index in [9.17, 15) is 4.57 Å². The number of hydrogen-bond donors (Lipinski definition) is 0. The molecule has 0 N–H and O–H groups in total. The van der Waals surface area contributed by atoms with Crippen molar-refractivity contribution in [2.24, 2.45) is 0 Å². The maximum absolute atomic E-state index is 13.3. The maximum atomic E-state index is 13.3. The van der Waals surface area contributed by atoms with Crippen LogP contribution in [-0.4, -0.2) is 0 Å². The molecule has 0 unspecified atom stereocenters. The third-order valence-corrected chi connectivity index (χ3v) is 5.02. The molecule has 3 aromatic rings. The van der Waals surface area contributed by atoms with Crippen LogP contribution in [0.5, 0.6) is 17.2 Å². The summed E-state index contributed by atoms with van der Waals surface area (Å²) in [5.74, 6) is 1.24. The van der Waals surface area contributed by atoms with E-state index in [1.807, 2.05) is 57.2 Å². The van der Waals surface area contributed by atoms with Gasteiger partial charge in [-0.2, -0.15) is 4.57 Å². The van der Waals surface area contributed by atoms with Gasteiger partial charge >= 0.3 is 7.82 Å². The van der Waals surface area contributed by atoms with Gasteiger partial charge in [0.15, 0.2) is 0 Å². The van der Waals surface area contributed by atoms with Crippen molar-refractivity contribution in [3.8, 4) is 17.2 Å². The van der Waals surface area contributed by atoms with E-state index < -0.39 is 7.82 Å². The van der Waals surface area contributed by atoms with E-state index in [1.165, 1.54) is 5.54 Å². The first-order valence-corrected chi connectivity index (χ1v) is 10.8. The number of hydrogen-bond acceptors (Lipinski definition) is 4. The molecule has 0 fully saturated rings. The quantitative estimate of drug-likeness (QED) is 0.377. The van der Waals surface area contributed by atoms with Crippen LogP contribution in [-0.2, 0) is 4.57 Å². The second kappa shape index (κ2) is 10.8. The first kappa shape index (κ1) is 22.6. The summed E-state index contributed by atoms with van der Waals surface area (Å²) < 4.78 is 30.2. The molecule has 0 atom stereocenters. The Labute approximate surface area is 177 Å². The number of phosphoric acid groups is 1. The Balaban J connectivity index is 0.000000941. The zero-order valence-corrected chi connectivity index (χ0v) is 18.3. The minimum absolute atomic E-state index is 0.415.